The molecule has 2 aromatic heterocycles. The number of aromatic nitrogens is 3. The number of hydrogen-bond donors (Lipinski definition) is 1. The summed E-state index contributed by atoms with van der Waals surface area (Å²) < 4.78 is 0. The number of aryl methyl sites for hydroxylation is 1. The molecular formula is C8H10N4S. The number of rotatable bonds is 2. The average Bonchev–Trinajstić information content (AvgIpc) is 2.47. The van der Waals surface area contributed by atoms with Crippen LogP contribution in [0.25, 0.3) is 10.3 Å². The molecule has 0 saturated carbocycles. The summed E-state index contributed by atoms with van der Waals surface area (Å²) in [5.41, 5.74) is 7.46. The Morgan fingerprint density at radius 3 is 3.08 bits per heavy atom. The van der Waals surface area contributed by atoms with Crippen LogP contribution in [0.15, 0.2) is 6.33 Å². The van der Waals surface area contributed by atoms with E-state index < -0.39 is 0 Å². The minimum atomic E-state index is 0.563. The molecule has 0 unspecified atom stereocenters. The normalized spacial score (nSPS) is 10.8. The topological polar surface area (TPSA) is 64.7 Å². The first-order valence-corrected chi connectivity index (χ1v) is 4.98. The monoisotopic (exact) mass is 194 g/mol. The van der Waals surface area contributed by atoms with Crippen LogP contribution in [0.3, 0.4) is 0 Å². The molecule has 0 aromatic carbocycles. The van der Waals surface area contributed by atoms with Crippen molar-refractivity contribution in [3.8, 4) is 0 Å². The van der Waals surface area contributed by atoms with E-state index in [0.29, 0.717) is 5.13 Å². The van der Waals surface area contributed by atoms with Crippen molar-refractivity contribution in [2.45, 2.75) is 19.8 Å². The maximum absolute atomic E-state index is 5.60. The molecule has 0 atom stereocenters. The highest BCUT2D eigenvalue weighted by Crippen LogP contribution is 2.23. The number of hydrogen-bond acceptors (Lipinski definition) is 5. The third kappa shape index (κ3) is 1.47. The predicted molar refractivity (Wildman–Crippen MR) is 53.6 cm³/mol. The van der Waals surface area contributed by atoms with Crippen LogP contribution in [-0.2, 0) is 6.42 Å². The Bertz CT molecular complexity index is 423. The van der Waals surface area contributed by atoms with Crippen LogP contribution in [-0.4, -0.2) is 15.0 Å². The standard InChI is InChI=1S/C8H10N4S/c1-2-3-5-6-7(11-4-10-5)13-8(9)12-6/h4H,2-3H2,1H3,(H2,9,12). The summed E-state index contributed by atoms with van der Waals surface area (Å²) in [6.45, 7) is 2.11. The number of nitrogen functional groups attached to an aromatic ring is 1. The van der Waals surface area contributed by atoms with Crippen molar-refractivity contribution in [1.82, 2.24) is 15.0 Å². The molecule has 0 spiro atoms. The Labute approximate surface area is 79.8 Å². The molecule has 5 heteroatoms. The zero-order chi connectivity index (χ0) is 9.26. The van der Waals surface area contributed by atoms with E-state index >= 15 is 0 Å². The summed E-state index contributed by atoms with van der Waals surface area (Å²) >= 11 is 1.41. The maximum atomic E-state index is 5.60. The summed E-state index contributed by atoms with van der Waals surface area (Å²) in [6, 6.07) is 0. The lowest BCUT2D eigenvalue weighted by Gasteiger charge is -1.95. The third-order valence-electron chi connectivity index (χ3n) is 1.77. The lowest BCUT2D eigenvalue weighted by Crippen LogP contribution is -1.92. The van der Waals surface area contributed by atoms with Crippen molar-refractivity contribution in [1.29, 1.82) is 0 Å². The summed E-state index contributed by atoms with van der Waals surface area (Å²) in [5, 5.41) is 0.563. The second kappa shape index (κ2) is 3.26. The fraction of sp³-hybridized carbons (Fsp3) is 0.375. The van der Waals surface area contributed by atoms with E-state index in [0.717, 1.165) is 28.9 Å². The van der Waals surface area contributed by atoms with E-state index in [1.54, 1.807) is 6.33 Å². The Kier molecular flexibility index (Phi) is 2.10. The van der Waals surface area contributed by atoms with E-state index in [-0.39, 0.29) is 0 Å². The maximum Gasteiger partial charge on any atom is 0.182 e. The van der Waals surface area contributed by atoms with Crippen molar-refractivity contribution in [3.63, 3.8) is 0 Å². The van der Waals surface area contributed by atoms with Gasteiger partial charge in [0.15, 0.2) is 5.13 Å². The van der Waals surface area contributed by atoms with Gasteiger partial charge >= 0.3 is 0 Å². The molecule has 0 radical (unpaired) electrons. The predicted octanol–water partition coefficient (Wildman–Crippen LogP) is 1.62. The van der Waals surface area contributed by atoms with Crippen LogP contribution in [0.5, 0.6) is 0 Å². The molecule has 68 valence electrons. The van der Waals surface area contributed by atoms with E-state index in [4.69, 9.17) is 5.73 Å². The smallest absolute Gasteiger partial charge is 0.182 e. The van der Waals surface area contributed by atoms with Gasteiger partial charge in [0.2, 0.25) is 0 Å². The number of anilines is 1. The fourth-order valence-electron chi connectivity index (χ4n) is 1.24. The van der Waals surface area contributed by atoms with Crippen LogP contribution < -0.4 is 5.73 Å². The molecule has 0 aliphatic heterocycles. The highest BCUT2D eigenvalue weighted by atomic mass is 32.1. The Morgan fingerprint density at radius 1 is 1.46 bits per heavy atom. The number of nitrogens with two attached hydrogens (primary N) is 1. The van der Waals surface area contributed by atoms with E-state index in [1.807, 2.05) is 0 Å². The Morgan fingerprint density at radius 2 is 2.31 bits per heavy atom. The number of thiazole rings is 1. The van der Waals surface area contributed by atoms with Gasteiger partial charge in [0.1, 0.15) is 16.7 Å². The second-order valence-electron chi connectivity index (χ2n) is 2.78. The summed E-state index contributed by atoms with van der Waals surface area (Å²) in [7, 11) is 0. The fourth-order valence-corrected chi connectivity index (χ4v) is 1.93. The summed E-state index contributed by atoms with van der Waals surface area (Å²) in [4.78, 5) is 13.4. The van der Waals surface area contributed by atoms with Gasteiger partial charge in [-0.05, 0) is 6.42 Å². The molecular weight excluding hydrogens is 184 g/mol. The molecule has 2 N–H and O–H groups in total. The zero-order valence-corrected chi connectivity index (χ0v) is 8.14. The zero-order valence-electron chi connectivity index (χ0n) is 7.32. The van der Waals surface area contributed by atoms with Gasteiger partial charge in [-0.1, -0.05) is 24.7 Å². The SMILES string of the molecule is CCCc1ncnc2sc(N)nc12. The third-order valence-corrected chi connectivity index (χ3v) is 2.57. The van der Waals surface area contributed by atoms with Gasteiger partial charge in [-0.15, -0.1) is 0 Å². The van der Waals surface area contributed by atoms with Crippen molar-refractivity contribution in [2.75, 3.05) is 5.73 Å². The van der Waals surface area contributed by atoms with E-state index in [1.165, 1.54) is 11.3 Å². The molecule has 4 nitrogen and oxygen atoms in total. The molecule has 13 heavy (non-hydrogen) atoms. The van der Waals surface area contributed by atoms with E-state index in [9.17, 15) is 0 Å². The molecule has 0 amide bonds. The lowest BCUT2D eigenvalue weighted by atomic mass is 10.2. The highest BCUT2D eigenvalue weighted by Gasteiger charge is 2.07. The van der Waals surface area contributed by atoms with Gasteiger partial charge in [-0.25, -0.2) is 15.0 Å². The van der Waals surface area contributed by atoms with Gasteiger partial charge in [0.05, 0.1) is 5.69 Å². The first kappa shape index (κ1) is 8.37. The molecule has 0 aliphatic carbocycles. The molecule has 0 aliphatic rings. The van der Waals surface area contributed by atoms with Crippen LogP contribution in [0.2, 0.25) is 0 Å². The van der Waals surface area contributed by atoms with Crippen molar-refractivity contribution in [3.05, 3.63) is 12.0 Å². The molecule has 2 rings (SSSR count). The number of fused-ring (bicyclic) bond motifs is 1. The molecule has 2 heterocycles. The molecule has 0 saturated heterocycles. The summed E-state index contributed by atoms with van der Waals surface area (Å²) in [5.74, 6) is 0. The Hall–Kier alpha value is -1.23. The van der Waals surface area contributed by atoms with Crippen LogP contribution in [0, 0.1) is 0 Å². The van der Waals surface area contributed by atoms with Gasteiger partial charge < -0.3 is 5.73 Å². The van der Waals surface area contributed by atoms with Gasteiger partial charge in [-0.3, -0.25) is 0 Å². The summed E-state index contributed by atoms with van der Waals surface area (Å²) in [6.07, 6.45) is 3.57. The molecule has 0 fully saturated rings. The quantitative estimate of drug-likeness (QED) is 0.789. The number of nitrogens with zero attached hydrogens (tertiary/aromatic N) is 3. The van der Waals surface area contributed by atoms with Crippen molar-refractivity contribution >= 4 is 26.8 Å². The largest absolute Gasteiger partial charge is 0.375 e. The Balaban J connectivity index is 2.60. The van der Waals surface area contributed by atoms with Crippen molar-refractivity contribution in [2.24, 2.45) is 0 Å². The minimum Gasteiger partial charge on any atom is -0.375 e. The first-order chi connectivity index (χ1) is 6.31. The van der Waals surface area contributed by atoms with Crippen LogP contribution in [0.1, 0.15) is 19.0 Å². The second-order valence-corrected chi connectivity index (χ2v) is 3.79. The van der Waals surface area contributed by atoms with Gasteiger partial charge in [0, 0.05) is 0 Å². The molecule has 2 aromatic rings. The van der Waals surface area contributed by atoms with Crippen molar-refractivity contribution < 1.29 is 0 Å². The minimum absolute atomic E-state index is 0.563. The van der Waals surface area contributed by atoms with Crippen LogP contribution in [0.4, 0.5) is 5.13 Å². The van der Waals surface area contributed by atoms with Crippen LogP contribution >= 0.6 is 11.3 Å². The lowest BCUT2D eigenvalue weighted by molar-refractivity contribution is 0.884. The highest BCUT2D eigenvalue weighted by molar-refractivity contribution is 7.21. The molecule has 0 bridgehead atoms. The first-order valence-electron chi connectivity index (χ1n) is 4.17. The van der Waals surface area contributed by atoms with Gasteiger partial charge in [0.25, 0.3) is 0 Å². The van der Waals surface area contributed by atoms with E-state index in [2.05, 4.69) is 21.9 Å². The average molecular weight is 194 g/mol. The van der Waals surface area contributed by atoms with Gasteiger partial charge in [-0.2, -0.15) is 0 Å².